The fourth-order valence-corrected chi connectivity index (χ4v) is 4.96. The number of nitrogens with zero attached hydrogens (tertiary/aromatic N) is 3. The molecule has 0 saturated carbocycles. The zero-order chi connectivity index (χ0) is 22.5. The molecule has 4 heterocycles. The van der Waals surface area contributed by atoms with E-state index in [0.29, 0.717) is 0 Å². The van der Waals surface area contributed by atoms with Gasteiger partial charge in [-0.15, -0.1) is 11.3 Å². The smallest absolute Gasteiger partial charge is 0.176 e. The number of benzene rings is 2. The number of aromatic nitrogens is 4. The van der Waals surface area contributed by atoms with Crippen LogP contribution in [-0.2, 0) is 0 Å². The monoisotopic (exact) mass is 453 g/mol. The number of hydrogen-bond acceptors (Lipinski definition) is 4. The average Bonchev–Trinajstić information content (AvgIpc) is 3.55. The van der Waals surface area contributed by atoms with Gasteiger partial charge in [-0.1, -0.05) is 18.2 Å². The van der Waals surface area contributed by atoms with E-state index in [1.165, 1.54) is 6.07 Å². The normalized spacial score (nSPS) is 11.5. The van der Waals surface area contributed by atoms with Crippen molar-refractivity contribution in [1.82, 2.24) is 20.2 Å². The Morgan fingerprint density at radius 1 is 0.879 bits per heavy atom. The van der Waals surface area contributed by atoms with Crippen molar-refractivity contribution in [3.8, 4) is 33.0 Å². The quantitative estimate of drug-likeness (QED) is 0.312. The molecular weight excluding hydrogens is 433 g/mol. The summed E-state index contributed by atoms with van der Waals surface area (Å²) < 4.78 is 13.7. The second-order valence-electron chi connectivity index (χ2n) is 8.21. The van der Waals surface area contributed by atoms with Crippen LogP contribution in [0, 0.1) is 5.13 Å². The van der Waals surface area contributed by atoms with E-state index in [2.05, 4.69) is 44.4 Å². The average molecular weight is 454 g/mol. The summed E-state index contributed by atoms with van der Waals surface area (Å²) in [6.45, 7) is 0. The lowest BCUT2D eigenvalue weighted by Gasteiger charge is -2.13. The first-order chi connectivity index (χ1) is 16.1. The summed E-state index contributed by atoms with van der Waals surface area (Å²) in [5, 5.41) is 9.65. The van der Waals surface area contributed by atoms with Gasteiger partial charge >= 0.3 is 0 Å². The Kier molecular flexibility index (Phi) is 4.52. The highest BCUT2D eigenvalue weighted by Gasteiger charge is 2.15. The van der Waals surface area contributed by atoms with Crippen LogP contribution in [0.3, 0.4) is 0 Å². The Morgan fingerprint density at radius 2 is 1.79 bits per heavy atom. The maximum Gasteiger partial charge on any atom is 0.176 e. The Hall–Kier alpha value is -3.97. The van der Waals surface area contributed by atoms with Crippen molar-refractivity contribution in [3.63, 3.8) is 0 Å². The summed E-state index contributed by atoms with van der Waals surface area (Å²) in [5.41, 5.74) is 7.91. The highest BCUT2D eigenvalue weighted by molar-refractivity contribution is 7.14. The molecular formula is C26H20FN5S. The molecule has 0 aliphatic carbocycles. The standard InChI is InChI=1S/C26H20FN5S/c1-32(2)17-10-16(13-28-14-17)15-6-7-22-20(11-15)26(31-30-22)23-12-19-18(4-3-5-21(19)29-23)24-8-9-25(27)33-24/h3-14,29H,1-2H3,(H,30,31). The number of nitrogens with one attached hydrogen (secondary N) is 2. The number of aromatic amines is 2. The number of thiophene rings is 1. The minimum absolute atomic E-state index is 0.184. The lowest BCUT2D eigenvalue weighted by molar-refractivity contribution is 0.657. The van der Waals surface area contributed by atoms with Gasteiger partial charge < -0.3 is 9.88 Å². The molecule has 7 heteroatoms. The summed E-state index contributed by atoms with van der Waals surface area (Å²) in [6, 6.07) is 19.9. The molecule has 0 bridgehead atoms. The molecule has 2 N–H and O–H groups in total. The zero-order valence-corrected chi connectivity index (χ0v) is 18.9. The van der Waals surface area contributed by atoms with E-state index in [4.69, 9.17) is 0 Å². The van der Waals surface area contributed by atoms with Crippen molar-refractivity contribution in [2.24, 2.45) is 0 Å². The molecule has 0 unspecified atom stereocenters. The minimum Gasteiger partial charge on any atom is -0.376 e. The van der Waals surface area contributed by atoms with Gasteiger partial charge in [-0.05, 0) is 48.0 Å². The molecule has 0 spiro atoms. The van der Waals surface area contributed by atoms with Crippen LogP contribution in [0.2, 0.25) is 0 Å². The van der Waals surface area contributed by atoms with E-state index in [0.717, 1.165) is 71.8 Å². The van der Waals surface area contributed by atoms with Crippen LogP contribution in [0.25, 0.3) is 54.8 Å². The molecule has 0 fully saturated rings. The first kappa shape index (κ1) is 19.7. The third-order valence-corrected chi connectivity index (χ3v) is 6.80. The Balaban J connectivity index is 1.48. The fourth-order valence-electron chi connectivity index (χ4n) is 4.19. The van der Waals surface area contributed by atoms with Gasteiger partial charge in [0.2, 0.25) is 0 Å². The minimum atomic E-state index is -0.184. The van der Waals surface area contributed by atoms with Crippen LogP contribution in [0.4, 0.5) is 10.1 Å². The molecule has 33 heavy (non-hydrogen) atoms. The van der Waals surface area contributed by atoms with Gasteiger partial charge in [0.05, 0.1) is 23.1 Å². The van der Waals surface area contributed by atoms with Gasteiger partial charge in [-0.25, -0.2) is 0 Å². The van der Waals surface area contributed by atoms with Crippen LogP contribution in [0.1, 0.15) is 0 Å². The lowest BCUT2D eigenvalue weighted by atomic mass is 10.0. The molecule has 0 amide bonds. The lowest BCUT2D eigenvalue weighted by Crippen LogP contribution is -2.08. The maximum atomic E-state index is 13.7. The molecule has 5 nitrogen and oxygen atoms in total. The molecule has 0 aliphatic rings. The SMILES string of the molecule is CN(C)c1cncc(-c2ccc3[nH]nc(-c4cc5c(-c6ccc(F)s6)cccc5[nH]4)c3c2)c1. The molecule has 162 valence electrons. The van der Waals surface area contributed by atoms with Gasteiger partial charge in [0.15, 0.2) is 5.13 Å². The van der Waals surface area contributed by atoms with Gasteiger partial charge in [0.25, 0.3) is 0 Å². The molecule has 0 atom stereocenters. The number of halogens is 1. The Bertz CT molecular complexity index is 1620. The Labute approximate surface area is 193 Å². The predicted octanol–water partition coefficient (Wildman–Crippen LogP) is 6.71. The van der Waals surface area contributed by atoms with Crippen molar-refractivity contribution in [3.05, 3.63) is 78.2 Å². The molecule has 0 radical (unpaired) electrons. The largest absolute Gasteiger partial charge is 0.376 e. The second-order valence-corrected chi connectivity index (χ2v) is 9.25. The van der Waals surface area contributed by atoms with Crippen LogP contribution in [0.5, 0.6) is 0 Å². The van der Waals surface area contributed by atoms with Crippen molar-refractivity contribution in [2.45, 2.75) is 0 Å². The van der Waals surface area contributed by atoms with Crippen molar-refractivity contribution < 1.29 is 4.39 Å². The zero-order valence-electron chi connectivity index (χ0n) is 18.1. The first-order valence-electron chi connectivity index (χ1n) is 10.6. The van der Waals surface area contributed by atoms with E-state index in [1.54, 1.807) is 0 Å². The number of anilines is 1. The molecule has 6 rings (SSSR count). The van der Waals surface area contributed by atoms with Crippen molar-refractivity contribution >= 4 is 38.8 Å². The molecule has 4 aromatic heterocycles. The van der Waals surface area contributed by atoms with E-state index in [1.807, 2.05) is 61.7 Å². The molecule has 6 aromatic rings. The summed E-state index contributed by atoms with van der Waals surface area (Å²) in [4.78, 5) is 10.9. The van der Waals surface area contributed by atoms with E-state index < -0.39 is 0 Å². The number of hydrogen-bond donors (Lipinski definition) is 2. The van der Waals surface area contributed by atoms with Crippen LogP contribution in [0.15, 0.2) is 73.1 Å². The topological polar surface area (TPSA) is 60.6 Å². The van der Waals surface area contributed by atoms with Gasteiger partial charge in [-0.3, -0.25) is 10.1 Å². The summed E-state index contributed by atoms with van der Waals surface area (Å²) in [6.07, 6.45) is 3.73. The van der Waals surface area contributed by atoms with Crippen LogP contribution in [-0.4, -0.2) is 34.3 Å². The van der Waals surface area contributed by atoms with E-state index in [9.17, 15) is 4.39 Å². The Morgan fingerprint density at radius 3 is 2.61 bits per heavy atom. The molecule has 2 aromatic carbocycles. The fraction of sp³-hybridized carbons (Fsp3) is 0.0769. The van der Waals surface area contributed by atoms with Crippen molar-refractivity contribution in [2.75, 3.05) is 19.0 Å². The summed E-state index contributed by atoms with van der Waals surface area (Å²) in [5.74, 6) is 0. The van der Waals surface area contributed by atoms with Gasteiger partial charge in [0, 0.05) is 52.6 Å². The van der Waals surface area contributed by atoms with Crippen LogP contribution >= 0.6 is 11.3 Å². The molecule has 0 aliphatic heterocycles. The van der Waals surface area contributed by atoms with Gasteiger partial charge in [0.1, 0.15) is 5.69 Å². The summed E-state index contributed by atoms with van der Waals surface area (Å²) in [7, 11) is 4.01. The molecule has 0 saturated heterocycles. The first-order valence-corrected chi connectivity index (χ1v) is 11.4. The number of fused-ring (bicyclic) bond motifs is 2. The number of pyridine rings is 1. The highest BCUT2D eigenvalue weighted by atomic mass is 32.1. The summed E-state index contributed by atoms with van der Waals surface area (Å²) >= 11 is 1.16. The van der Waals surface area contributed by atoms with Crippen molar-refractivity contribution in [1.29, 1.82) is 0 Å². The predicted molar refractivity (Wildman–Crippen MR) is 134 cm³/mol. The maximum absolute atomic E-state index is 13.7. The van der Waals surface area contributed by atoms with E-state index in [-0.39, 0.29) is 5.13 Å². The van der Waals surface area contributed by atoms with Gasteiger partial charge in [-0.2, -0.15) is 9.49 Å². The third-order valence-electron chi connectivity index (χ3n) is 5.89. The number of H-pyrrole nitrogens is 2. The number of rotatable bonds is 4. The third kappa shape index (κ3) is 3.37. The van der Waals surface area contributed by atoms with Crippen LogP contribution < -0.4 is 4.90 Å². The van der Waals surface area contributed by atoms with E-state index >= 15 is 0 Å². The second kappa shape index (κ2) is 7.56. The highest BCUT2D eigenvalue weighted by Crippen LogP contribution is 2.37.